The first kappa shape index (κ1) is 10.1. The smallest absolute Gasteiger partial charge is 0.294 e. The second-order valence-corrected chi connectivity index (χ2v) is 3.21. The number of fused-ring (bicyclic) bond motifs is 1. The van der Waals surface area contributed by atoms with E-state index in [1.807, 2.05) is 0 Å². The van der Waals surface area contributed by atoms with E-state index in [-0.39, 0.29) is 0 Å². The summed E-state index contributed by atoms with van der Waals surface area (Å²) in [6, 6.07) is 3.07. The molecule has 0 spiro atoms. The summed E-state index contributed by atoms with van der Waals surface area (Å²) >= 11 is 0. The Morgan fingerprint density at radius 3 is 2.60 bits per heavy atom. The highest BCUT2D eigenvalue weighted by Gasteiger charge is 2.36. The van der Waals surface area contributed by atoms with Gasteiger partial charge >= 0.3 is 6.18 Å². The van der Waals surface area contributed by atoms with Crippen LogP contribution >= 0.6 is 0 Å². The molecule has 0 bridgehead atoms. The third-order valence-electron chi connectivity index (χ3n) is 2.23. The summed E-state index contributed by atoms with van der Waals surface area (Å²) in [6.07, 6.45) is -3.29. The van der Waals surface area contributed by atoms with E-state index < -0.39 is 12.0 Å². The van der Waals surface area contributed by atoms with Gasteiger partial charge in [0.2, 0.25) is 5.82 Å². The third-order valence-corrected chi connectivity index (χ3v) is 2.23. The van der Waals surface area contributed by atoms with Gasteiger partial charge in [-0.1, -0.05) is 11.5 Å². The van der Waals surface area contributed by atoms with Crippen LogP contribution in [0.2, 0.25) is 0 Å². The lowest BCUT2D eigenvalue weighted by atomic mass is 9.94. The van der Waals surface area contributed by atoms with Crippen LogP contribution in [0, 0.1) is 6.92 Å². The molecule has 15 heavy (non-hydrogen) atoms. The van der Waals surface area contributed by atoms with E-state index in [2.05, 4.69) is 4.98 Å². The lowest BCUT2D eigenvalue weighted by molar-refractivity contribution is -0.145. The molecule has 2 nitrogen and oxygen atoms in total. The predicted octanol–water partition coefficient (Wildman–Crippen LogP) is 1.46. The van der Waals surface area contributed by atoms with Gasteiger partial charge in [0.15, 0.2) is 0 Å². The number of hydrogen-bond acceptors (Lipinski definition) is 1. The Hall–Kier alpha value is -1.46. The van der Waals surface area contributed by atoms with Gasteiger partial charge in [0.05, 0.1) is 11.7 Å². The predicted molar refractivity (Wildman–Crippen MR) is 50.3 cm³/mol. The van der Waals surface area contributed by atoms with Crippen LogP contribution in [-0.4, -0.2) is 17.2 Å². The fraction of sp³-hybridized carbons (Fsp3) is 0.222. The molecular formula is C9H6BF3N2. The fourth-order valence-corrected chi connectivity index (χ4v) is 1.46. The van der Waals surface area contributed by atoms with Crippen molar-refractivity contribution in [1.29, 1.82) is 0 Å². The number of halogens is 3. The number of hydrogen-bond donors (Lipinski definition) is 0. The lowest BCUT2D eigenvalue weighted by Gasteiger charge is -2.09. The highest BCUT2D eigenvalue weighted by atomic mass is 19.4. The molecule has 0 atom stereocenters. The minimum atomic E-state index is -4.47. The summed E-state index contributed by atoms with van der Waals surface area (Å²) in [4.78, 5) is 3.35. The number of aryl methyl sites for hydroxylation is 1. The van der Waals surface area contributed by atoms with Crippen LogP contribution in [0.15, 0.2) is 18.3 Å². The van der Waals surface area contributed by atoms with Crippen LogP contribution in [0.5, 0.6) is 0 Å². The molecule has 0 unspecified atom stereocenters. The van der Waals surface area contributed by atoms with E-state index in [0.29, 0.717) is 16.7 Å². The van der Waals surface area contributed by atoms with Crippen LogP contribution in [0.3, 0.4) is 0 Å². The van der Waals surface area contributed by atoms with Crippen LogP contribution < -0.4 is 5.46 Å². The maximum atomic E-state index is 12.5. The molecule has 2 aromatic heterocycles. The van der Waals surface area contributed by atoms with E-state index in [1.54, 1.807) is 6.07 Å². The van der Waals surface area contributed by atoms with Crippen molar-refractivity contribution in [3.63, 3.8) is 0 Å². The summed E-state index contributed by atoms with van der Waals surface area (Å²) in [6.45, 7) is 1.53. The molecule has 0 aliphatic rings. The quantitative estimate of drug-likeness (QED) is 0.601. The molecule has 2 radical (unpaired) electrons. The average molecular weight is 210 g/mol. The van der Waals surface area contributed by atoms with Gasteiger partial charge in [-0.15, -0.1) is 0 Å². The second-order valence-electron chi connectivity index (χ2n) is 3.21. The van der Waals surface area contributed by atoms with E-state index >= 15 is 0 Å². The van der Waals surface area contributed by atoms with Gasteiger partial charge in [0.1, 0.15) is 7.85 Å². The zero-order chi connectivity index (χ0) is 11.2. The van der Waals surface area contributed by atoms with Crippen molar-refractivity contribution in [2.45, 2.75) is 13.1 Å². The van der Waals surface area contributed by atoms with Gasteiger partial charge in [-0.05, 0) is 13.0 Å². The van der Waals surface area contributed by atoms with Gasteiger partial charge in [0, 0.05) is 5.69 Å². The normalized spacial score (nSPS) is 12.3. The largest absolute Gasteiger partial charge is 0.450 e. The number of imidazole rings is 1. The van der Waals surface area contributed by atoms with Crippen LogP contribution in [-0.2, 0) is 6.18 Å². The molecule has 0 saturated carbocycles. The molecule has 0 aliphatic carbocycles. The molecule has 0 aromatic carbocycles. The first-order chi connectivity index (χ1) is 6.91. The summed E-state index contributed by atoms with van der Waals surface area (Å²) < 4.78 is 38.6. The van der Waals surface area contributed by atoms with Crippen molar-refractivity contribution >= 4 is 18.8 Å². The number of alkyl halides is 3. The molecule has 2 heterocycles. The van der Waals surface area contributed by atoms with Crippen LogP contribution in [0.4, 0.5) is 13.2 Å². The van der Waals surface area contributed by atoms with E-state index in [0.717, 1.165) is 4.40 Å². The number of pyridine rings is 1. The maximum Gasteiger partial charge on any atom is 0.450 e. The van der Waals surface area contributed by atoms with E-state index in [4.69, 9.17) is 7.85 Å². The molecule has 2 aromatic rings. The zero-order valence-electron chi connectivity index (χ0n) is 7.84. The Morgan fingerprint density at radius 2 is 2.00 bits per heavy atom. The fourth-order valence-electron chi connectivity index (χ4n) is 1.46. The number of aromatic nitrogens is 2. The van der Waals surface area contributed by atoms with Crippen molar-refractivity contribution in [2.75, 3.05) is 0 Å². The maximum absolute atomic E-state index is 12.5. The Morgan fingerprint density at radius 1 is 1.33 bits per heavy atom. The molecule has 0 fully saturated rings. The molecule has 0 aliphatic heterocycles. The van der Waals surface area contributed by atoms with Crippen molar-refractivity contribution in [3.05, 3.63) is 29.8 Å². The van der Waals surface area contributed by atoms with Gasteiger partial charge in [-0.25, -0.2) is 4.98 Å². The molecular weight excluding hydrogens is 204 g/mol. The van der Waals surface area contributed by atoms with Crippen molar-refractivity contribution in [2.24, 2.45) is 0 Å². The van der Waals surface area contributed by atoms with Crippen molar-refractivity contribution < 1.29 is 13.2 Å². The first-order valence-corrected chi connectivity index (χ1v) is 4.21. The van der Waals surface area contributed by atoms with Crippen LogP contribution in [0.1, 0.15) is 11.5 Å². The number of nitrogens with zero attached hydrogens (tertiary/aromatic N) is 2. The monoisotopic (exact) mass is 210 g/mol. The van der Waals surface area contributed by atoms with Gasteiger partial charge < -0.3 is 0 Å². The molecule has 0 saturated heterocycles. The standard InChI is InChI=1S/C9H6BF3N2/c1-5-7(10)3-2-6-4-14-8(15(5)6)9(11,12)13/h2-4H,1H3. The summed E-state index contributed by atoms with van der Waals surface area (Å²) in [5, 5.41) is 0. The van der Waals surface area contributed by atoms with Gasteiger partial charge in [-0.2, -0.15) is 13.2 Å². The van der Waals surface area contributed by atoms with Crippen molar-refractivity contribution in [1.82, 2.24) is 9.38 Å². The molecule has 0 N–H and O–H groups in total. The highest BCUT2D eigenvalue weighted by Crippen LogP contribution is 2.28. The second kappa shape index (κ2) is 3.02. The van der Waals surface area contributed by atoms with Gasteiger partial charge in [-0.3, -0.25) is 4.40 Å². The Balaban J connectivity index is 2.84. The Kier molecular flexibility index (Phi) is 2.03. The van der Waals surface area contributed by atoms with E-state index in [9.17, 15) is 13.2 Å². The first-order valence-electron chi connectivity index (χ1n) is 4.21. The van der Waals surface area contributed by atoms with Gasteiger partial charge in [0.25, 0.3) is 0 Å². The Bertz CT molecular complexity index is 516. The minimum Gasteiger partial charge on any atom is -0.294 e. The van der Waals surface area contributed by atoms with Crippen molar-refractivity contribution in [3.8, 4) is 0 Å². The van der Waals surface area contributed by atoms with E-state index in [1.165, 1.54) is 19.2 Å². The Labute approximate surface area is 85.1 Å². The summed E-state index contributed by atoms with van der Waals surface area (Å²) in [5.41, 5.74) is 1.04. The summed E-state index contributed by atoms with van der Waals surface area (Å²) in [5.74, 6) is -0.942. The number of rotatable bonds is 0. The molecule has 6 heteroatoms. The molecule has 76 valence electrons. The average Bonchev–Trinajstić information content (AvgIpc) is 2.54. The zero-order valence-corrected chi connectivity index (χ0v) is 7.84. The van der Waals surface area contributed by atoms with Crippen LogP contribution in [0.25, 0.3) is 5.52 Å². The summed E-state index contributed by atoms with van der Waals surface area (Å²) in [7, 11) is 5.54. The minimum absolute atomic E-state index is 0.311. The lowest BCUT2D eigenvalue weighted by Crippen LogP contribution is -2.17. The molecule has 2 rings (SSSR count). The topological polar surface area (TPSA) is 17.3 Å². The highest BCUT2D eigenvalue weighted by molar-refractivity contribution is 6.33. The third kappa shape index (κ3) is 1.50. The SMILES string of the molecule is [B]c1ccc2cnc(C(F)(F)F)n2c1C. The molecule has 0 amide bonds.